The van der Waals surface area contributed by atoms with Crippen molar-refractivity contribution < 1.29 is 4.39 Å². The van der Waals surface area contributed by atoms with Crippen LogP contribution < -0.4 is 11.1 Å². The minimum absolute atomic E-state index is 0.615. The van der Waals surface area contributed by atoms with Crippen LogP contribution in [0.1, 0.15) is 50.9 Å². The van der Waals surface area contributed by atoms with Gasteiger partial charge in [0.05, 0.1) is 21.8 Å². The zero-order valence-corrected chi connectivity index (χ0v) is 19.8. The number of fused-ring (bicyclic) bond motifs is 1. The number of anilines is 1. The molecule has 3 aromatic heterocycles. The maximum absolute atomic E-state index is 11.0. The number of aromatic nitrogens is 2. The highest BCUT2D eigenvalue weighted by atomic mass is 79.9. The number of aryl methyl sites for hydroxylation is 1. The van der Waals surface area contributed by atoms with Crippen molar-refractivity contribution in [1.82, 2.24) is 9.97 Å². The van der Waals surface area contributed by atoms with E-state index in [1.165, 1.54) is 18.7 Å². The van der Waals surface area contributed by atoms with Gasteiger partial charge in [-0.25, -0.2) is 9.37 Å². The molecule has 4 nitrogen and oxygen atoms in total. The highest BCUT2D eigenvalue weighted by molar-refractivity contribution is 9.10. The van der Waals surface area contributed by atoms with Gasteiger partial charge in [0, 0.05) is 29.2 Å². The lowest BCUT2D eigenvalue weighted by atomic mass is 10.2. The van der Waals surface area contributed by atoms with E-state index in [0.29, 0.717) is 6.54 Å². The first-order valence-corrected chi connectivity index (χ1v) is 11.4. The molecule has 156 valence electrons. The number of nitrogens with zero attached hydrogens (tertiary/aromatic N) is 1. The molecule has 0 aromatic carbocycles. The quantitative estimate of drug-likeness (QED) is 0.387. The maximum atomic E-state index is 11.0. The summed E-state index contributed by atoms with van der Waals surface area (Å²) in [6, 6.07) is 6.35. The number of hydrogen-bond donors (Lipinski definition) is 3. The molecule has 0 aliphatic rings. The third-order valence-corrected chi connectivity index (χ3v) is 5.34. The van der Waals surface area contributed by atoms with Gasteiger partial charge in [-0.05, 0) is 60.3 Å². The Hall–Kier alpha value is -1.44. The molecule has 0 saturated carbocycles. The Morgan fingerprint density at radius 3 is 2.57 bits per heavy atom. The molecular formula is C21H32BrFN4S. The van der Waals surface area contributed by atoms with Gasteiger partial charge in [0.15, 0.2) is 0 Å². The Balaban J connectivity index is 0.000000583. The molecule has 0 spiro atoms. The number of alkyl halides is 1. The molecule has 7 heteroatoms. The standard InChI is InChI=1S/C16H19BrN4S.C3H7F.C2H6/c1-2-10-8-13(19-9-11-4-3-7-22-11)15-16(20-10)14(17)12(21-15)5-6-18;1-3(2)4;1-2/h3-4,7-8,21H,2,5-6,9,18H2,1H3,(H,19,20);3H,1-2H3;1-2H3. The number of hydrogen-bond acceptors (Lipinski definition) is 4. The van der Waals surface area contributed by atoms with Gasteiger partial charge in [-0.2, -0.15) is 0 Å². The summed E-state index contributed by atoms with van der Waals surface area (Å²) in [5, 5.41) is 5.63. The molecule has 3 rings (SSSR count). The Morgan fingerprint density at radius 2 is 2.04 bits per heavy atom. The van der Waals surface area contributed by atoms with Crippen molar-refractivity contribution in [3.05, 3.63) is 44.3 Å². The lowest BCUT2D eigenvalue weighted by molar-refractivity contribution is 0.391. The van der Waals surface area contributed by atoms with Crippen molar-refractivity contribution in [3.63, 3.8) is 0 Å². The first-order valence-electron chi connectivity index (χ1n) is 9.76. The second-order valence-electron chi connectivity index (χ2n) is 6.14. The van der Waals surface area contributed by atoms with Crippen LogP contribution in [-0.4, -0.2) is 22.7 Å². The van der Waals surface area contributed by atoms with Crippen LogP contribution in [0.3, 0.4) is 0 Å². The van der Waals surface area contributed by atoms with E-state index in [9.17, 15) is 4.39 Å². The number of aromatic amines is 1. The molecule has 0 bridgehead atoms. The number of thiophene rings is 1. The predicted molar refractivity (Wildman–Crippen MR) is 125 cm³/mol. The van der Waals surface area contributed by atoms with E-state index in [1.54, 1.807) is 11.3 Å². The zero-order valence-electron chi connectivity index (χ0n) is 17.4. The fourth-order valence-electron chi connectivity index (χ4n) is 2.46. The van der Waals surface area contributed by atoms with E-state index in [4.69, 9.17) is 10.7 Å². The normalized spacial score (nSPS) is 10.3. The minimum atomic E-state index is -0.667. The van der Waals surface area contributed by atoms with Gasteiger partial charge in [-0.15, -0.1) is 11.3 Å². The second-order valence-corrected chi connectivity index (χ2v) is 7.97. The lowest BCUT2D eigenvalue weighted by Gasteiger charge is -2.08. The molecule has 0 amide bonds. The van der Waals surface area contributed by atoms with Crippen molar-refractivity contribution in [1.29, 1.82) is 0 Å². The molecule has 0 aliphatic carbocycles. The Kier molecular flexibility index (Phi) is 11.3. The monoisotopic (exact) mass is 470 g/mol. The largest absolute Gasteiger partial charge is 0.378 e. The van der Waals surface area contributed by atoms with Crippen molar-refractivity contribution >= 4 is 44.0 Å². The van der Waals surface area contributed by atoms with Gasteiger partial charge >= 0.3 is 0 Å². The molecule has 0 radical (unpaired) electrons. The van der Waals surface area contributed by atoms with Gasteiger partial charge in [0.1, 0.15) is 5.52 Å². The molecule has 0 atom stereocenters. The third-order valence-electron chi connectivity index (χ3n) is 3.61. The van der Waals surface area contributed by atoms with Gasteiger partial charge < -0.3 is 16.0 Å². The number of nitrogens with one attached hydrogen (secondary N) is 2. The highest BCUT2D eigenvalue weighted by Crippen LogP contribution is 2.32. The van der Waals surface area contributed by atoms with Crippen LogP contribution in [0.4, 0.5) is 10.1 Å². The number of rotatable bonds is 6. The summed E-state index contributed by atoms with van der Waals surface area (Å²) < 4.78 is 12.0. The summed E-state index contributed by atoms with van der Waals surface area (Å²) in [7, 11) is 0. The van der Waals surface area contributed by atoms with Crippen LogP contribution in [0.25, 0.3) is 11.0 Å². The minimum Gasteiger partial charge on any atom is -0.378 e. The van der Waals surface area contributed by atoms with Crippen LogP contribution in [0.15, 0.2) is 28.1 Å². The summed E-state index contributed by atoms with van der Waals surface area (Å²) >= 11 is 5.43. The Bertz CT molecular complexity index is 813. The predicted octanol–water partition coefficient (Wildman–Crippen LogP) is 6.45. The van der Waals surface area contributed by atoms with Gasteiger partial charge in [0.25, 0.3) is 0 Å². The van der Waals surface area contributed by atoms with E-state index in [2.05, 4.69) is 56.7 Å². The third kappa shape index (κ3) is 7.18. The number of pyridine rings is 1. The Labute approximate surface area is 180 Å². The molecule has 28 heavy (non-hydrogen) atoms. The fourth-order valence-corrected chi connectivity index (χ4v) is 3.69. The highest BCUT2D eigenvalue weighted by Gasteiger charge is 2.14. The lowest BCUT2D eigenvalue weighted by Crippen LogP contribution is -2.03. The molecule has 0 saturated heterocycles. The summed E-state index contributed by atoms with van der Waals surface area (Å²) in [6.45, 7) is 10.6. The fraction of sp³-hybridized carbons (Fsp3) is 0.476. The first-order chi connectivity index (χ1) is 13.5. The van der Waals surface area contributed by atoms with Crippen molar-refractivity contribution in [3.8, 4) is 0 Å². The summed E-state index contributed by atoms with van der Waals surface area (Å²) in [5.74, 6) is 0. The van der Waals surface area contributed by atoms with E-state index >= 15 is 0 Å². The number of H-pyrrole nitrogens is 1. The molecule has 0 aliphatic heterocycles. The molecular weight excluding hydrogens is 439 g/mol. The van der Waals surface area contributed by atoms with Crippen LogP contribution >= 0.6 is 27.3 Å². The van der Waals surface area contributed by atoms with E-state index in [0.717, 1.165) is 52.0 Å². The second kappa shape index (κ2) is 12.9. The van der Waals surface area contributed by atoms with Crippen LogP contribution in [0.5, 0.6) is 0 Å². The summed E-state index contributed by atoms with van der Waals surface area (Å²) in [5.41, 5.74) is 11.0. The molecule has 3 aromatic rings. The maximum Gasteiger partial charge on any atom is 0.105 e. The number of nitrogens with two attached hydrogens (primary N) is 1. The SMILES string of the molecule is CC.CC(C)F.CCc1cc(NCc2cccs2)c2[nH]c(CCN)c(Br)c2n1. The zero-order chi connectivity index (χ0) is 21.1. The summed E-state index contributed by atoms with van der Waals surface area (Å²) in [4.78, 5) is 9.53. The van der Waals surface area contributed by atoms with Crippen molar-refractivity contribution in [2.24, 2.45) is 5.73 Å². The average Bonchev–Trinajstić information content (AvgIpc) is 3.30. The number of halogens is 2. The van der Waals surface area contributed by atoms with Gasteiger partial charge in [-0.3, -0.25) is 0 Å². The van der Waals surface area contributed by atoms with Crippen LogP contribution in [0, 0.1) is 0 Å². The van der Waals surface area contributed by atoms with Crippen LogP contribution in [0.2, 0.25) is 0 Å². The topological polar surface area (TPSA) is 66.7 Å². The van der Waals surface area contributed by atoms with Crippen molar-refractivity contribution in [2.75, 3.05) is 11.9 Å². The Morgan fingerprint density at radius 1 is 1.36 bits per heavy atom. The van der Waals surface area contributed by atoms with E-state index < -0.39 is 6.17 Å². The van der Waals surface area contributed by atoms with E-state index in [-0.39, 0.29) is 0 Å². The van der Waals surface area contributed by atoms with Gasteiger partial charge in [-0.1, -0.05) is 26.8 Å². The smallest absolute Gasteiger partial charge is 0.105 e. The molecule has 0 fully saturated rings. The average molecular weight is 471 g/mol. The molecule has 0 unspecified atom stereocenters. The summed E-state index contributed by atoms with van der Waals surface area (Å²) in [6.07, 6.45) is 1.05. The van der Waals surface area contributed by atoms with E-state index in [1.807, 2.05) is 13.8 Å². The van der Waals surface area contributed by atoms with Crippen molar-refractivity contribution in [2.45, 2.75) is 60.2 Å². The first kappa shape index (κ1) is 24.6. The molecule has 4 N–H and O–H groups in total. The van der Waals surface area contributed by atoms with Crippen LogP contribution in [-0.2, 0) is 19.4 Å². The molecule has 3 heterocycles. The van der Waals surface area contributed by atoms with Gasteiger partial charge in [0.2, 0.25) is 0 Å².